The Morgan fingerprint density at radius 1 is 0.864 bits per heavy atom. The Hall–Kier alpha value is -2.04. The van der Waals surface area contributed by atoms with Crippen LogP contribution in [0.5, 0.6) is 0 Å². The van der Waals surface area contributed by atoms with Gasteiger partial charge in [-0.25, -0.2) is 0 Å². The van der Waals surface area contributed by atoms with Crippen molar-refractivity contribution in [3.63, 3.8) is 0 Å². The van der Waals surface area contributed by atoms with Crippen LogP contribution in [0.25, 0.3) is 0 Å². The molecular formula is C21H24Si. The molecule has 0 aliphatic rings. The molecule has 2 rings (SSSR count). The van der Waals surface area contributed by atoms with E-state index < -0.39 is 8.07 Å². The van der Waals surface area contributed by atoms with E-state index in [0.29, 0.717) is 0 Å². The standard InChI is InChI=1S/C21H24Si/c1-18(2)16-17-22(21(3,4)5,19-12-8-6-9-13-19)20-14-10-7-11-15-20/h6-15H,1H2,2-5H3. The van der Waals surface area contributed by atoms with Crippen molar-refractivity contribution >= 4 is 18.4 Å². The summed E-state index contributed by atoms with van der Waals surface area (Å²) >= 11 is 0. The first-order valence-corrected chi connectivity index (χ1v) is 9.67. The molecule has 2 aromatic carbocycles. The summed E-state index contributed by atoms with van der Waals surface area (Å²) in [7, 11) is -2.23. The molecule has 0 saturated heterocycles. The molecule has 0 aromatic heterocycles. The van der Waals surface area contributed by atoms with Crippen molar-refractivity contribution in [1.29, 1.82) is 0 Å². The highest BCUT2D eigenvalue weighted by Gasteiger charge is 2.46. The van der Waals surface area contributed by atoms with Crippen LogP contribution in [0.3, 0.4) is 0 Å². The van der Waals surface area contributed by atoms with Gasteiger partial charge in [0, 0.05) is 0 Å². The fourth-order valence-electron chi connectivity index (χ4n) is 2.94. The number of rotatable bonds is 2. The van der Waals surface area contributed by atoms with Crippen molar-refractivity contribution in [3.05, 3.63) is 72.8 Å². The highest BCUT2D eigenvalue weighted by molar-refractivity contribution is 7.10. The van der Waals surface area contributed by atoms with E-state index in [1.54, 1.807) is 0 Å². The molecule has 0 heterocycles. The van der Waals surface area contributed by atoms with Crippen LogP contribution in [0.15, 0.2) is 72.8 Å². The maximum atomic E-state index is 3.98. The quantitative estimate of drug-likeness (QED) is 0.577. The first-order chi connectivity index (χ1) is 10.4. The van der Waals surface area contributed by atoms with Crippen molar-refractivity contribution in [2.24, 2.45) is 0 Å². The molecule has 0 atom stereocenters. The summed E-state index contributed by atoms with van der Waals surface area (Å²) in [6, 6.07) is 21.6. The normalized spacial score (nSPS) is 11.5. The van der Waals surface area contributed by atoms with Gasteiger partial charge in [0.05, 0.1) is 0 Å². The third-order valence-electron chi connectivity index (χ3n) is 4.00. The molecule has 0 bridgehead atoms. The number of hydrogen-bond acceptors (Lipinski definition) is 0. The lowest BCUT2D eigenvalue weighted by atomic mass is 10.2. The number of hydrogen-bond donors (Lipinski definition) is 0. The van der Waals surface area contributed by atoms with Gasteiger partial charge in [0.2, 0.25) is 8.07 Å². The van der Waals surface area contributed by atoms with Crippen LogP contribution in [0.2, 0.25) is 5.04 Å². The molecule has 1 heteroatoms. The van der Waals surface area contributed by atoms with Gasteiger partial charge >= 0.3 is 0 Å². The van der Waals surface area contributed by atoms with E-state index in [2.05, 4.69) is 99.5 Å². The summed E-state index contributed by atoms with van der Waals surface area (Å²) in [6.45, 7) is 12.9. The fraction of sp³-hybridized carbons (Fsp3) is 0.238. The molecule has 0 radical (unpaired) electrons. The predicted octanol–water partition coefficient (Wildman–Crippen LogP) is 4.17. The minimum absolute atomic E-state index is 0.0815. The summed E-state index contributed by atoms with van der Waals surface area (Å²) in [5.41, 5.74) is 4.62. The Balaban J connectivity index is 2.83. The minimum atomic E-state index is -2.23. The molecule has 0 N–H and O–H groups in total. The first kappa shape index (κ1) is 16.3. The van der Waals surface area contributed by atoms with Crippen LogP contribution in [0.1, 0.15) is 27.7 Å². The Morgan fingerprint density at radius 2 is 1.27 bits per heavy atom. The van der Waals surface area contributed by atoms with E-state index in [4.69, 9.17) is 0 Å². The molecule has 0 nitrogen and oxygen atoms in total. The largest absolute Gasteiger partial charge is 0.204 e. The van der Waals surface area contributed by atoms with Crippen molar-refractivity contribution < 1.29 is 0 Å². The van der Waals surface area contributed by atoms with Crippen molar-refractivity contribution in [2.75, 3.05) is 0 Å². The van der Waals surface area contributed by atoms with Gasteiger partial charge in [-0.15, -0.1) is 5.54 Å². The number of allylic oxidation sites excluding steroid dienone is 1. The summed E-state index contributed by atoms with van der Waals surface area (Å²) in [4.78, 5) is 0. The average Bonchev–Trinajstić information content (AvgIpc) is 2.48. The van der Waals surface area contributed by atoms with Crippen LogP contribution in [-0.4, -0.2) is 8.07 Å². The maximum Gasteiger partial charge on any atom is 0.204 e. The molecular weight excluding hydrogens is 280 g/mol. The lowest BCUT2D eigenvalue weighted by Crippen LogP contribution is -2.63. The lowest BCUT2D eigenvalue weighted by Gasteiger charge is -2.39. The smallest absolute Gasteiger partial charge is 0.114 e. The molecule has 0 spiro atoms. The zero-order valence-corrected chi connectivity index (χ0v) is 15.0. The van der Waals surface area contributed by atoms with Gasteiger partial charge < -0.3 is 0 Å². The van der Waals surface area contributed by atoms with Crippen molar-refractivity contribution in [3.8, 4) is 11.5 Å². The van der Waals surface area contributed by atoms with Gasteiger partial charge in [-0.1, -0.05) is 93.9 Å². The molecule has 2 aromatic rings. The molecule has 22 heavy (non-hydrogen) atoms. The summed E-state index contributed by atoms with van der Waals surface area (Å²) in [5, 5.41) is 2.81. The Bertz CT molecular complexity index is 655. The third-order valence-corrected chi connectivity index (χ3v) is 9.15. The fourth-order valence-corrected chi connectivity index (χ4v) is 7.46. The van der Waals surface area contributed by atoms with E-state index >= 15 is 0 Å². The van der Waals surface area contributed by atoms with Gasteiger partial charge in [0.25, 0.3) is 0 Å². The SMILES string of the molecule is C=C(C)C#C[Si](c1ccccc1)(c1ccccc1)C(C)(C)C. The van der Waals surface area contributed by atoms with Gasteiger partial charge in [0.1, 0.15) is 0 Å². The van der Waals surface area contributed by atoms with Gasteiger partial charge in [0.15, 0.2) is 0 Å². The zero-order valence-electron chi connectivity index (χ0n) is 14.0. The van der Waals surface area contributed by atoms with E-state index in [1.165, 1.54) is 10.4 Å². The van der Waals surface area contributed by atoms with Gasteiger partial charge in [-0.3, -0.25) is 0 Å². The van der Waals surface area contributed by atoms with Crippen molar-refractivity contribution in [2.45, 2.75) is 32.7 Å². The predicted molar refractivity (Wildman–Crippen MR) is 100 cm³/mol. The van der Waals surface area contributed by atoms with Crippen LogP contribution in [-0.2, 0) is 0 Å². The van der Waals surface area contributed by atoms with Gasteiger partial charge in [-0.05, 0) is 27.9 Å². The minimum Gasteiger partial charge on any atom is -0.114 e. The number of benzene rings is 2. The molecule has 112 valence electrons. The van der Waals surface area contributed by atoms with E-state index in [9.17, 15) is 0 Å². The molecule has 0 unspecified atom stereocenters. The monoisotopic (exact) mass is 304 g/mol. The Labute approximate surface area is 135 Å². The summed E-state index contributed by atoms with van der Waals surface area (Å²) in [5.74, 6) is 3.31. The maximum absolute atomic E-state index is 3.98. The van der Waals surface area contributed by atoms with Crippen LogP contribution in [0.4, 0.5) is 0 Å². The first-order valence-electron chi connectivity index (χ1n) is 7.67. The van der Waals surface area contributed by atoms with Gasteiger partial charge in [-0.2, -0.15) is 0 Å². The Kier molecular flexibility index (Phi) is 4.73. The summed E-state index contributed by atoms with van der Waals surface area (Å²) < 4.78 is 0. The average molecular weight is 305 g/mol. The zero-order chi connectivity index (χ0) is 16.2. The summed E-state index contributed by atoms with van der Waals surface area (Å²) in [6.07, 6.45) is 0. The Morgan fingerprint density at radius 3 is 1.59 bits per heavy atom. The molecule has 0 fully saturated rings. The lowest BCUT2D eigenvalue weighted by molar-refractivity contribution is 0.740. The van der Waals surface area contributed by atoms with E-state index in [-0.39, 0.29) is 5.04 Å². The van der Waals surface area contributed by atoms with Crippen molar-refractivity contribution in [1.82, 2.24) is 0 Å². The molecule has 0 aliphatic carbocycles. The highest BCUT2D eigenvalue weighted by Crippen LogP contribution is 2.35. The third kappa shape index (κ3) is 3.08. The second-order valence-electron chi connectivity index (χ2n) is 6.76. The van der Waals surface area contributed by atoms with E-state index in [0.717, 1.165) is 5.57 Å². The van der Waals surface area contributed by atoms with Crippen LogP contribution in [0, 0.1) is 11.5 Å². The second kappa shape index (κ2) is 6.38. The van der Waals surface area contributed by atoms with Crippen LogP contribution >= 0.6 is 0 Å². The topological polar surface area (TPSA) is 0 Å². The molecule has 0 amide bonds. The van der Waals surface area contributed by atoms with E-state index in [1.807, 2.05) is 6.92 Å². The second-order valence-corrected chi connectivity index (χ2v) is 11.2. The van der Waals surface area contributed by atoms with Crippen LogP contribution < -0.4 is 10.4 Å². The molecule has 0 aliphatic heterocycles. The highest BCUT2D eigenvalue weighted by atomic mass is 28.3. The molecule has 0 saturated carbocycles.